The highest BCUT2D eigenvalue weighted by Gasteiger charge is 2.47. The number of hydrogen-bond donors (Lipinski definition) is 0. The molecule has 2 saturated heterocycles. The van der Waals surface area contributed by atoms with Crippen molar-refractivity contribution in [1.82, 2.24) is 9.80 Å². The lowest BCUT2D eigenvalue weighted by Gasteiger charge is -2.43. The van der Waals surface area contributed by atoms with Crippen LogP contribution in [0, 0.1) is 5.92 Å². The van der Waals surface area contributed by atoms with Gasteiger partial charge >= 0.3 is 0 Å². The summed E-state index contributed by atoms with van der Waals surface area (Å²) in [6, 6.07) is 7.63. The summed E-state index contributed by atoms with van der Waals surface area (Å²) in [5.74, 6) is 1.47. The van der Waals surface area contributed by atoms with Crippen molar-refractivity contribution in [3.63, 3.8) is 0 Å². The summed E-state index contributed by atoms with van der Waals surface area (Å²) in [6.07, 6.45) is 0. The summed E-state index contributed by atoms with van der Waals surface area (Å²) in [4.78, 5) is 15.8. The number of ether oxygens (including phenoxy) is 1. The summed E-state index contributed by atoms with van der Waals surface area (Å²) in [5.41, 5.74) is 1.10. The molecule has 3 rings (SSSR count). The third kappa shape index (κ3) is 4.38. The average Bonchev–Trinajstić information content (AvgIpc) is 2.88. The van der Waals surface area contributed by atoms with Crippen LogP contribution in [0.1, 0.15) is 26.3 Å². The molecule has 0 bridgehead atoms. The van der Waals surface area contributed by atoms with Crippen molar-refractivity contribution >= 4 is 15.7 Å². The third-order valence-electron chi connectivity index (χ3n) is 5.06. The molecule has 0 radical (unpaired) electrons. The van der Waals surface area contributed by atoms with Crippen molar-refractivity contribution in [2.75, 3.05) is 31.2 Å². The first-order valence-electron chi connectivity index (χ1n) is 9.18. The second-order valence-corrected chi connectivity index (χ2v) is 9.90. The molecule has 144 valence electrons. The first-order valence-corrected chi connectivity index (χ1v) is 11.0. The molecule has 26 heavy (non-hydrogen) atoms. The molecular weight excluding hydrogens is 352 g/mol. The third-order valence-corrected chi connectivity index (χ3v) is 6.76. The molecule has 0 N–H and O–H groups in total. The Labute approximate surface area is 156 Å². The number of piperazine rings is 1. The van der Waals surface area contributed by atoms with Gasteiger partial charge < -0.3 is 9.64 Å². The average molecular weight is 381 g/mol. The van der Waals surface area contributed by atoms with Gasteiger partial charge in [-0.15, -0.1) is 0 Å². The minimum absolute atomic E-state index is 0.0409. The molecule has 2 heterocycles. The molecule has 0 aromatic heterocycles. The Morgan fingerprint density at radius 2 is 1.96 bits per heavy atom. The maximum absolute atomic E-state index is 12.2. The van der Waals surface area contributed by atoms with Crippen molar-refractivity contribution in [3.05, 3.63) is 29.8 Å². The summed E-state index contributed by atoms with van der Waals surface area (Å²) in [6.45, 7) is 8.35. The summed E-state index contributed by atoms with van der Waals surface area (Å²) in [5, 5.41) is 0. The molecule has 1 aromatic rings. The van der Waals surface area contributed by atoms with Gasteiger partial charge in [0.05, 0.1) is 24.2 Å². The smallest absolute Gasteiger partial charge is 0.219 e. The monoisotopic (exact) mass is 380 g/mol. The van der Waals surface area contributed by atoms with Gasteiger partial charge in [-0.3, -0.25) is 9.69 Å². The molecule has 2 fully saturated rings. The van der Waals surface area contributed by atoms with E-state index < -0.39 is 9.84 Å². The zero-order valence-corrected chi connectivity index (χ0v) is 16.5. The van der Waals surface area contributed by atoms with Gasteiger partial charge in [-0.25, -0.2) is 8.42 Å². The van der Waals surface area contributed by atoms with Gasteiger partial charge in [0.1, 0.15) is 5.75 Å². The lowest BCUT2D eigenvalue weighted by Crippen LogP contribution is -2.59. The van der Waals surface area contributed by atoms with Crippen LogP contribution >= 0.6 is 0 Å². The zero-order chi connectivity index (χ0) is 18.9. The van der Waals surface area contributed by atoms with Gasteiger partial charge in [0.2, 0.25) is 5.91 Å². The molecule has 1 amide bonds. The predicted octanol–water partition coefficient (Wildman–Crippen LogP) is 1.55. The van der Waals surface area contributed by atoms with Crippen LogP contribution in [0.3, 0.4) is 0 Å². The lowest BCUT2D eigenvalue weighted by molar-refractivity contribution is -0.134. The van der Waals surface area contributed by atoms with E-state index in [0.717, 1.165) is 11.3 Å². The van der Waals surface area contributed by atoms with Crippen molar-refractivity contribution in [2.24, 2.45) is 5.92 Å². The summed E-state index contributed by atoms with van der Waals surface area (Å²) < 4.78 is 30.2. The molecule has 2 atom stereocenters. The predicted molar refractivity (Wildman–Crippen MR) is 101 cm³/mol. The number of nitrogens with zero attached hydrogens (tertiary/aromatic N) is 2. The standard InChI is InChI=1S/C19H28N2O4S/c1-14(2)11-25-17-6-4-5-16(9-17)10-20-7-8-21(15(3)22)19-13-26(23,24)12-18(19)20/h4-6,9,14,18-19H,7-8,10-13H2,1-3H3/t18-,19+/m1/s1. The Morgan fingerprint density at radius 1 is 1.23 bits per heavy atom. The molecule has 2 aliphatic rings. The topological polar surface area (TPSA) is 66.9 Å². The van der Waals surface area contributed by atoms with Gasteiger partial charge in [0.25, 0.3) is 0 Å². The SMILES string of the molecule is CC(=O)N1CCN(Cc2cccc(OCC(C)C)c2)[C@@H]2CS(=O)(=O)C[C@@H]21. The van der Waals surface area contributed by atoms with Crippen LogP contribution in [0.25, 0.3) is 0 Å². The van der Waals surface area contributed by atoms with E-state index >= 15 is 0 Å². The summed E-state index contributed by atoms with van der Waals surface area (Å²) >= 11 is 0. The van der Waals surface area contributed by atoms with Gasteiger partial charge in [-0.2, -0.15) is 0 Å². The number of hydrogen-bond acceptors (Lipinski definition) is 5. The van der Waals surface area contributed by atoms with E-state index in [1.54, 1.807) is 4.90 Å². The quantitative estimate of drug-likeness (QED) is 0.775. The van der Waals surface area contributed by atoms with Gasteiger partial charge in [-0.05, 0) is 23.6 Å². The molecule has 0 unspecified atom stereocenters. The van der Waals surface area contributed by atoms with Crippen LogP contribution in [0.4, 0.5) is 0 Å². The fourth-order valence-corrected chi connectivity index (χ4v) is 5.85. The molecule has 2 aliphatic heterocycles. The molecule has 7 heteroatoms. The maximum atomic E-state index is 12.2. The van der Waals surface area contributed by atoms with Gasteiger partial charge in [0, 0.05) is 32.6 Å². The fraction of sp³-hybridized carbons (Fsp3) is 0.632. The second-order valence-electron chi connectivity index (χ2n) is 7.75. The van der Waals surface area contributed by atoms with Crippen LogP contribution in [0.15, 0.2) is 24.3 Å². The van der Waals surface area contributed by atoms with E-state index in [2.05, 4.69) is 18.7 Å². The van der Waals surface area contributed by atoms with E-state index in [1.165, 1.54) is 6.92 Å². The zero-order valence-electron chi connectivity index (χ0n) is 15.7. The Hall–Kier alpha value is -1.60. The minimum Gasteiger partial charge on any atom is -0.493 e. The largest absolute Gasteiger partial charge is 0.493 e. The Bertz CT molecular complexity index is 763. The molecule has 0 aliphatic carbocycles. The normalized spacial score (nSPS) is 25.3. The Morgan fingerprint density at radius 3 is 2.65 bits per heavy atom. The van der Waals surface area contributed by atoms with E-state index in [-0.39, 0.29) is 29.5 Å². The van der Waals surface area contributed by atoms with E-state index in [0.29, 0.717) is 32.2 Å². The van der Waals surface area contributed by atoms with Crippen LogP contribution in [0.5, 0.6) is 5.75 Å². The van der Waals surface area contributed by atoms with Gasteiger partial charge in [-0.1, -0.05) is 26.0 Å². The van der Waals surface area contributed by atoms with E-state index in [9.17, 15) is 13.2 Å². The highest BCUT2D eigenvalue weighted by Crippen LogP contribution is 2.28. The number of rotatable bonds is 5. The van der Waals surface area contributed by atoms with Gasteiger partial charge in [0.15, 0.2) is 9.84 Å². The molecule has 6 nitrogen and oxygen atoms in total. The lowest BCUT2D eigenvalue weighted by atomic mass is 10.0. The fourth-order valence-electron chi connectivity index (χ4n) is 3.84. The van der Waals surface area contributed by atoms with Crippen molar-refractivity contribution in [3.8, 4) is 5.75 Å². The molecule has 0 saturated carbocycles. The highest BCUT2D eigenvalue weighted by atomic mass is 32.2. The summed E-state index contributed by atoms with van der Waals surface area (Å²) in [7, 11) is -3.11. The number of benzene rings is 1. The highest BCUT2D eigenvalue weighted by molar-refractivity contribution is 7.91. The van der Waals surface area contributed by atoms with Crippen LogP contribution in [0.2, 0.25) is 0 Å². The second kappa shape index (κ2) is 7.56. The van der Waals surface area contributed by atoms with Crippen molar-refractivity contribution in [2.45, 2.75) is 39.4 Å². The first-order chi connectivity index (χ1) is 12.2. The first kappa shape index (κ1) is 19.2. The number of fused-ring (bicyclic) bond motifs is 1. The maximum Gasteiger partial charge on any atom is 0.219 e. The number of amides is 1. The minimum atomic E-state index is -3.11. The molecule has 1 aromatic carbocycles. The molecular formula is C19H28N2O4S. The number of carbonyl (C=O) groups is 1. The Balaban J connectivity index is 1.74. The number of carbonyl (C=O) groups excluding carboxylic acids is 1. The van der Waals surface area contributed by atoms with Crippen molar-refractivity contribution < 1.29 is 17.9 Å². The van der Waals surface area contributed by atoms with Crippen LogP contribution in [-0.4, -0.2) is 67.4 Å². The van der Waals surface area contributed by atoms with Crippen LogP contribution < -0.4 is 4.74 Å². The van der Waals surface area contributed by atoms with Crippen molar-refractivity contribution in [1.29, 1.82) is 0 Å². The Kier molecular flexibility index (Phi) is 5.58. The van der Waals surface area contributed by atoms with E-state index in [1.807, 2.05) is 24.3 Å². The van der Waals surface area contributed by atoms with Crippen LogP contribution in [-0.2, 0) is 21.2 Å². The van der Waals surface area contributed by atoms with E-state index in [4.69, 9.17) is 4.74 Å². The number of sulfone groups is 1. The molecule has 0 spiro atoms.